The summed E-state index contributed by atoms with van der Waals surface area (Å²) in [6.07, 6.45) is 1.70. The van der Waals surface area contributed by atoms with Crippen molar-refractivity contribution in [1.82, 2.24) is 4.98 Å². The van der Waals surface area contributed by atoms with Crippen molar-refractivity contribution >= 4 is 16.9 Å². The van der Waals surface area contributed by atoms with Crippen LogP contribution in [0.25, 0.3) is 0 Å². The molecular weight excluding hydrogens is 198 g/mol. The molecule has 0 fully saturated rings. The summed E-state index contributed by atoms with van der Waals surface area (Å²) in [6.45, 7) is 3.50. The molecule has 1 heterocycles. The molecule has 0 spiro atoms. The molecule has 0 aliphatic carbocycles. The van der Waals surface area contributed by atoms with Crippen molar-refractivity contribution in [3.8, 4) is 5.75 Å². The number of aromatic nitrogens is 1. The molecule has 1 aromatic rings. The van der Waals surface area contributed by atoms with E-state index in [1.807, 2.05) is 13.0 Å². The van der Waals surface area contributed by atoms with E-state index in [0.717, 1.165) is 17.0 Å². The number of thioether (sulfide) groups is 1. The summed E-state index contributed by atoms with van der Waals surface area (Å²) < 4.78 is 5.16. The second-order valence-electron chi connectivity index (χ2n) is 2.87. The normalized spacial score (nSPS) is 9.93. The number of carbonyl (C=O) groups excluding carboxylic acids is 1. The Morgan fingerprint density at radius 3 is 2.93 bits per heavy atom. The number of hydrogen-bond acceptors (Lipinski definition) is 4. The molecule has 0 aromatic carbocycles. The first-order chi connectivity index (χ1) is 6.65. The van der Waals surface area contributed by atoms with Gasteiger partial charge in [-0.1, -0.05) is 11.8 Å². The highest BCUT2D eigenvalue weighted by Crippen LogP contribution is 2.22. The van der Waals surface area contributed by atoms with Crippen molar-refractivity contribution in [2.45, 2.75) is 19.6 Å². The first kappa shape index (κ1) is 11.0. The van der Waals surface area contributed by atoms with Gasteiger partial charge in [0.15, 0.2) is 5.12 Å². The van der Waals surface area contributed by atoms with Gasteiger partial charge in [0.2, 0.25) is 0 Å². The van der Waals surface area contributed by atoms with E-state index in [1.165, 1.54) is 11.8 Å². The van der Waals surface area contributed by atoms with Gasteiger partial charge in [-0.25, -0.2) is 0 Å². The highest BCUT2D eigenvalue weighted by atomic mass is 32.2. The van der Waals surface area contributed by atoms with Crippen molar-refractivity contribution in [1.29, 1.82) is 0 Å². The van der Waals surface area contributed by atoms with E-state index in [0.29, 0.717) is 5.75 Å². The van der Waals surface area contributed by atoms with Crippen LogP contribution < -0.4 is 4.74 Å². The molecule has 0 saturated heterocycles. The maximum atomic E-state index is 10.8. The summed E-state index contributed by atoms with van der Waals surface area (Å²) in [4.78, 5) is 15.0. The summed E-state index contributed by atoms with van der Waals surface area (Å²) >= 11 is 1.26. The largest absolute Gasteiger partial charge is 0.496 e. The molecule has 14 heavy (non-hydrogen) atoms. The van der Waals surface area contributed by atoms with Crippen LogP contribution in [-0.4, -0.2) is 17.2 Å². The summed E-state index contributed by atoms with van der Waals surface area (Å²) in [6, 6.07) is 1.82. The lowest BCUT2D eigenvalue weighted by Crippen LogP contribution is -1.96. The van der Waals surface area contributed by atoms with Crippen LogP contribution in [0.1, 0.15) is 18.2 Å². The van der Waals surface area contributed by atoms with Gasteiger partial charge in [-0.2, -0.15) is 0 Å². The fraction of sp³-hybridized carbons (Fsp3) is 0.400. The summed E-state index contributed by atoms with van der Waals surface area (Å²) in [5, 5.41) is 0.106. The molecule has 0 amide bonds. The fourth-order valence-corrected chi connectivity index (χ4v) is 1.73. The Balaban J connectivity index is 2.81. The Kier molecular flexibility index (Phi) is 3.95. The Morgan fingerprint density at radius 2 is 2.36 bits per heavy atom. The molecule has 1 rings (SSSR count). The van der Waals surface area contributed by atoms with Crippen molar-refractivity contribution in [2.24, 2.45) is 0 Å². The van der Waals surface area contributed by atoms with Crippen molar-refractivity contribution in [2.75, 3.05) is 7.11 Å². The fourth-order valence-electron chi connectivity index (χ4n) is 1.10. The number of ether oxygens (including phenoxy) is 1. The second kappa shape index (κ2) is 5.00. The predicted octanol–water partition coefficient (Wildman–Crippen LogP) is 2.18. The maximum absolute atomic E-state index is 10.8. The summed E-state index contributed by atoms with van der Waals surface area (Å²) in [7, 11) is 1.63. The lowest BCUT2D eigenvalue weighted by Gasteiger charge is -2.07. The lowest BCUT2D eigenvalue weighted by molar-refractivity contribution is -0.109. The third kappa shape index (κ3) is 2.73. The molecule has 4 heteroatoms. The molecule has 3 nitrogen and oxygen atoms in total. The number of nitrogens with zero attached hydrogens (tertiary/aromatic N) is 1. The van der Waals surface area contributed by atoms with Gasteiger partial charge in [-0.3, -0.25) is 9.78 Å². The van der Waals surface area contributed by atoms with Crippen LogP contribution >= 0.6 is 11.8 Å². The molecule has 0 radical (unpaired) electrons. The molecule has 0 aliphatic heterocycles. The summed E-state index contributed by atoms with van der Waals surface area (Å²) in [5.41, 5.74) is 1.91. The Labute approximate surface area is 87.9 Å². The maximum Gasteiger partial charge on any atom is 0.186 e. The number of carbonyl (C=O) groups is 1. The number of rotatable bonds is 3. The number of methoxy groups -OCH3 is 1. The van der Waals surface area contributed by atoms with Gasteiger partial charge in [-0.05, 0) is 13.0 Å². The van der Waals surface area contributed by atoms with E-state index in [2.05, 4.69) is 4.98 Å². The van der Waals surface area contributed by atoms with Gasteiger partial charge in [-0.15, -0.1) is 0 Å². The van der Waals surface area contributed by atoms with Gasteiger partial charge < -0.3 is 4.74 Å². The van der Waals surface area contributed by atoms with Crippen LogP contribution in [0.2, 0.25) is 0 Å². The zero-order valence-corrected chi connectivity index (χ0v) is 9.35. The van der Waals surface area contributed by atoms with Gasteiger partial charge in [0.25, 0.3) is 0 Å². The van der Waals surface area contributed by atoms with E-state index >= 15 is 0 Å². The van der Waals surface area contributed by atoms with E-state index < -0.39 is 0 Å². The first-order valence-corrected chi connectivity index (χ1v) is 5.25. The molecule has 0 saturated carbocycles. The number of pyridine rings is 1. The van der Waals surface area contributed by atoms with Crippen LogP contribution in [0, 0.1) is 6.92 Å². The van der Waals surface area contributed by atoms with Crippen LogP contribution in [0.5, 0.6) is 5.75 Å². The van der Waals surface area contributed by atoms with Crippen molar-refractivity contribution in [3.63, 3.8) is 0 Å². The molecule has 0 aliphatic rings. The number of hydrogen-bond donors (Lipinski definition) is 0. The molecule has 0 unspecified atom stereocenters. The van der Waals surface area contributed by atoms with Gasteiger partial charge in [0.1, 0.15) is 5.75 Å². The monoisotopic (exact) mass is 211 g/mol. The zero-order chi connectivity index (χ0) is 10.6. The molecule has 76 valence electrons. The van der Waals surface area contributed by atoms with Crippen LogP contribution in [0.3, 0.4) is 0 Å². The van der Waals surface area contributed by atoms with Crippen molar-refractivity contribution in [3.05, 3.63) is 23.5 Å². The van der Waals surface area contributed by atoms with Crippen LogP contribution in [-0.2, 0) is 10.5 Å². The minimum atomic E-state index is 0.106. The minimum absolute atomic E-state index is 0.106. The van der Waals surface area contributed by atoms with E-state index in [4.69, 9.17) is 4.74 Å². The molecule has 0 N–H and O–H groups in total. The van der Waals surface area contributed by atoms with Gasteiger partial charge in [0.05, 0.1) is 12.8 Å². The van der Waals surface area contributed by atoms with E-state index in [1.54, 1.807) is 20.2 Å². The first-order valence-electron chi connectivity index (χ1n) is 4.27. The Morgan fingerprint density at radius 1 is 1.64 bits per heavy atom. The van der Waals surface area contributed by atoms with Gasteiger partial charge in [0, 0.05) is 24.4 Å². The quantitative estimate of drug-likeness (QED) is 0.768. The minimum Gasteiger partial charge on any atom is -0.496 e. The topological polar surface area (TPSA) is 39.2 Å². The molecule has 1 aromatic heterocycles. The van der Waals surface area contributed by atoms with Crippen LogP contribution in [0.15, 0.2) is 12.3 Å². The van der Waals surface area contributed by atoms with E-state index in [-0.39, 0.29) is 5.12 Å². The SMILES string of the molecule is COc1ccnc(CSC(C)=O)c1C. The highest BCUT2D eigenvalue weighted by Gasteiger charge is 2.06. The third-order valence-corrected chi connectivity index (χ3v) is 2.72. The molecule has 0 bridgehead atoms. The van der Waals surface area contributed by atoms with Crippen molar-refractivity contribution < 1.29 is 9.53 Å². The predicted molar refractivity (Wildman–Crippen MR) is 57.5 cm³/mol. The third-order valence-electron chi connectivity index (χ3n) is 1.89. The van der Waals surface area contributed by atoms with Crippen LogP contribution in [0.4, 0.5) is 0 Å². The van der Waals surface area contributed by atoms with E-state index in [9.17, 15) is 4.79 Å². The zero-order valence-electron chi connectivity index (χ0n) is 8.53. The smallest absolute Gasteiger partial charge is 0.186 e. The Hall–Kier alpha value is -1.03. The standard InChI is InChI=1S/C10H13NO2S/c1-7-9(6-14-8(2)12)11-5-4-10(7)13-3/h4-5H,6H2,1-3H3. The molecule has 0 atom stereocenters. The second-order valence-corrected chi connectivity index (χ2v) is 4.02. The average Bonchev–Trinajstić information content (AvgIpc) is 2.16. The molecular formula is C10H13NO2S. The highest BCUT2D eigenvalue weighted by molar-refractivity contribution is 8.12. The summed E-state index contributed by atoms with van der Waals surface area (Å²) in [5.74, 6) is 1.43. The average molecular weight is 211 g/mol. The van der Waals surface area contributed by atoms with Gasteiger partial charge >= 0.3 is 0 Å². The Bertz CT molecular complexity index is 339. The lowest BCUT2D eigenvalue weighted by atomic mass is 10.2.